The third-order valence-electron chi connectivity index (χ3n) is 2.79. The van der Waals surface area contributed by atoms with Crippen molar-refractivity contribution >= 4 is 17.3 Å². The van der Waals surface area contributed by atoms with Crippen LogP contribution in [-0.4, -0.2) is 14.1 Å². The van der Waals surface area contributed by atoms with Crippen LogP contribution in [0, 0.1) is 0 Å². The molecule has 2 aromatic rings. The van der Waals surface area contributed by atoms with Crippen LogP contribution < -0.4 is 15.4 Å². The number of hydrogen-bond acceptors (Lipinski definition) is 3. The molecule has 4 heteroatoms. The Morgan fingerprint density at radius 2 is 1.95 bits per heavy atom. The van der Waals surface area contributed by atoms with Crippen LogP contribution in [0.5, 0.6) is 11.5 Å². The predicted molar refractivity (Wildman–Crippen MR) is 80.2 cm³/mol. The highest BCUT2D eigenvalue weighted by atomic mass is 35.5. The molecule has 0 fully saturated rings. The fraction of sp³-hybridized carbons (Fsp3) is 0.200. The van der Waals surface area contributed by atoms with E-state index in [9.17, 15) is 0 Å². The highest BCUT2D eigenvalue weighted by Crippen LogP contribution is 2.31. The molecule has 0 aromatic heterocycles. The Balaban J connectivity index is 2.23. The Morgan fingerprint density at radius 1 is 1.16 bits per heavy atom. The van der Waals surface area contributed by atoms with E-state index in [4.69, 9.17) is 22.1 Å². The summed E-state index contributed by atoms with van der Waals surface area (Å²) in [6, 6.07) is 13.4. The van der Waals surface area contributed by atoms with Crippen LogP contribution in [-0.2, 0) is 6.54 Å². The first-order valence-electron chi connectivity index (χ1n) is 6.04. The summed E-state index contributed by atoms with van der Waals surface area (Å²) in [5.41, 5.74) is 7.63. The Labute approximate surface area is 118 Å². The average molecular weight is 277 g/mol. The number of benzene rings is 2. The smallest absolute Gasteiger partial charge is 0.146 e. The van der Waals surface area contributed by atoms with Crippen LogP contribution in [0.4, 0.5) is 5.69 Å². The van der Waals surface area contributed by atoms with Gasteiger partial charge >= 0.3 is 0 Å². The monoisotopic (exact) mass is 276 g/mol. The van der Waals surface area contributed by atoms with Crippen molar-refractivity contribution in [1.82, 2.24) is 0 Å². The van der Waals surface area contributed by atoms with E-state index in [1.807, 2.05) is 61.5 Å². The topological polar surface area (TPSA) is 38.5 Å². The van der Waals surface area contributed by atoms with Crippen molar-refractivity contribution in [3.05, 3.63) is 53.1 Å². The van der Waals surface area contributed by atoms with Gasteiger partial charge in [0.1, 0.15) is 11.5 Å². The summed E-state index contributed by atoms with van der Waals surface area (Å²) < 4.78 is 5.80. The molecular formula is C15H17ClN2O. The molecule has 3 nitrogen and oxygen atoms in total. The minimum absolute atomic E-state index is 0.468. The van der Waals surface area contributed by atoms with Crippen LogP contribution in [0.25, 0.3) is 0 Å². The van der Waals surface area contributed by atoms with E-state index in [1.165, 1.54) is 0 Å². The third kappa shape index (κ3) is 3.40. The Hall–Kier alpha value is -1.71. The normalized spacial score (nSPS) is 10.3. The molecule has 0 unspecified atom stereocenters. The number of hydrogen-bond donors (Lipinski definition) is 1. The highest BCUT2D eigenvalue weighted by Gasteiger charge is 2.05. The van der Waals surface area contributed by atoms with Crippen LogP contribution >= 0.6 is 11.6 Å². The summed E-state index contributed by atoms with van der Waals surface area (Å²) in [6.07, 6.45) is 0. The van der Waals surface area contributed by atoms with Crippen molar-refractivity contribution < 1.29 is 4.74 Å². The summed E-state index contributed by atoms with van der Waals surface area (Å²) in [7, 11) is 3.98. The van der Waals surface area contributed by atoms with Crippen LogP contribution in [0.3, 0.4) is 0 Å². The highest BCUT2D eigenvalue weighted by molar-refractivity contribution is 6.32. The lowest BCUT2D eigenvalue weighted by atomic mass is 10.2. The molecule has 2 N–H and O–H groups in total. The minimum Gasteiger partial charge on any atom is -0.456 e. The lowest BCUT2D eigenvalue weighted by molar-refractivity contribution is 0.483. The van der Waals surface area contributed by atoms with Crippen molar-refractivity contribution in [2.24, 2.45) is 5.73 Å². The lowest BCUT2D eigenvalue weighted by Gasteiger charge is -2.14. The molecule has 0 amide bonds. The number of anilines is 1. The molecule has 100 valence electrons. The number of rotatable bonds is 4. The molecule has 0 spiro atoms. The molecule has 2 aromatic carbocycles. The first-order chi connectivity index (χ1) is 9.10. The molecule has 0 saturated heterocycles. The quantitative estimate of drug-likeness (QED) is 0.926. The third-order valence-corrected chi connectivity index (χ3v) is 3.09. The molecule has 0 heterocycles. The number of halogens is 1. The van der Waals surface area contributed by atoms with Gasteiger partial charge in [0.25, 0.3) is 0 Å². The maximum absolute atomic E-state index is 6.17. The summed E-state index contributed by atoms with van der Waals surface area (Å²) in [6.45, 7) is 0.468. The molecule has 0 aliphatic carbocycles. The van der Waals surface area contributed by atoms with Gasteiger partial charge in [-0.05, 0) is 29.8 Å². The maximum Gasteiger partial charge on any atom is 0.146 e. The summed E-state index contributed by atoms with van der Waals surface area (Å²) in [5, 5.41) is 0.568. The largest absolute Gasteiger partial charge is 0.456 e. The summed E-state index contributed by atoms with van der Waals surface area (Å²) in [5.74, 6) is 1.39. The van der Waals surface area contributed by atoms with E-state index in [0.29, 0.717) is 17.3 Å². The second kappa shape index (κ2) is 5.95. The average Bonchev–Trinajstić information content (AvgIpc) is 2.41. The van der Waals surface area contributed by atoms with Gasteiger partial charge in [-0.2, -0.15) is 0 Å². The van der Waals surface area contributed by atoms with Gasteiger partial charge < -0.3 is 15.4 Å². The predicted octanol–water partition coefficient (Wildman–Crippen LogP) is 3.66. The first-order valence-corrected chi connectivity index (χ1v) is 6.41. The molecular weight excluding hydrogens is 260 g/mol. The first kappa shape index (κ1) is 13.7. The molecule has 0 saturated carbocycles. The van der Waals surface area contributed by atoms with Crippen molar-refractivity contribution in [3.8, 4) is 11.5 Å². The standard InChI is InChI=1S/C15H17ClN2O/c1-18(2)12-4-3-5-13(9-12)19-15-7-6-11(10-17)8-14(15)16/h3-9H,10,17H2,1-2H3. The van der Waals surface area contributed by atoms with Crippen LogP contribution in [0.2, 0.25) is 5.02 Å². The van der Waals surface area contributed by atoms with Gasteiger partial charge in [0, 0.05) is 32.4 Å². The van der Waals surface area contributed by atoms with Gasteiger partial charge in [-0.15, -0.1) is 0 Å². The van der Waals surface area contributed by atoms with E-state index in [1.54, 1.807) is 0 Å². The Bertz CT molecular complexity index is 570. The van der Waals surface area contributed by atoms with Crippen molar-refractivity contribution in [2.75, 3.05) is 19.0 Å². The van der Waals surface area contributed by atoms with E-state index in [-0.39, 0.29) is 0 Å². The van der Waals surface area contributed by atoms with Crippen molar-refractivity contribution in [2.45, 2.75) is 6.54 Å². The summed E-state index contributed by atoms with van der Waals surface area (Å²) in [4.78, 5) is 2.02. The number of nitrogens with two attached hydrogens (primary N) is 1. The second-order valence-corrected chi connectivity index (χ2v) is 4.87. The van der Waals surface area contributed by atoms with Gasteiger partial charge in [0.15, 0.2) is 0 Å². The second-order valence-electron chi connectivity index (χ2n) is 4.46. The molecule has 0 radical (unpaired) electrons. The van der Waals surface area contributed by atoms with E-state index in [2.05, 4.69) is 0 Å². The molecule has 0 atom stereocenters. The molecule has 0 bridgehead atoms. The molecule has 0 aliphatic rings. The SMILES string of the molecule is CN(C)c1cccc(Oc2ccc(CN)cc2Cl)c1. The summed E-state index contributed by atoms with van der Waals surface area (Å²) >= 11 is 6.17. The van der Waals surface area contributed by atoms with E-state index < -0.39 is 0 Å². The maximum atomic E-state index is 6.17. The van der Waals surface area contributed by atoms with Gasteiger partial charge in [-0.3, -0.25) is 0 Å². The van der Waals surface area contributed by atoms with Gasteiger partial charge in [0.05, 0.1) is 5.02 Å². The van der Waals surface area contributed by atoms with Gasteiger partial charge in [-0.1, -0.05) is 23.7 Å². The van der Waals surface area contributed by atoms with E-state index in [0.717, 1.165) is 17.0 Å². The number of nitrogens with zero attached hydrogens (tertiary/aromatic N) is 1. The zero-order chi connectivity index (χ0) is 13.8. The molecule has 2 rings (SSSR count). The zero-order valence-corrected chi connectivity index (χ0v) is 11.8. The van der Waals surface area contributed by atoms with Crippen LogP contribution in [0.15, 0.2) is 42.5 Å². The molecule has 19 heavy (non-hydrogen) atoms. The van der Waals surface area contributed by atoms with Gasteiger partial charge in [0.2, 0.25) is 0 Å². The molecule has 0 aliphatic heterocycles. The van der Waals surface area contributed by atoms with Crippen LogP contribution in [0.1, 0.15) is 5.56 Å². The van der Waals surface area contributed by atoms with Crippen molar-refractivity contribution in [1.29, 1.82) is 0 Å². The zero-order valence-electron chi connectivity index (χ0n) is 11.1. The number of ether oxygens (including phenoxy) is 1. The fourth-order valence-electron chi connectivity index (χ4n) is 1.71. The van der Waals surface area contributed by atoms with Gasteiger partial charge in [-0.25, -0.2) is 0 Å². The van der Waals surface area contributed by atoms with Crippen molar-refractivity contribution in [3.63, 3.8) is 0 Å². The Kier molecular flexibility index (Phi) is 4.30. The fourth-order valence-corrected chi connectivity index (χ4v) is 1.95. The lowest BCUT2D eigenvalue weighted by Crippen LogP contribution is -2.08. The minimum atomic E-state index is 0.468. The van der Waals surface area contributed by atoms with E-state index >= 15 is 0 Å². The Morgan fingerprint density at radius 3 is 2.58 bits per heavy atom.